The number of thioether (sulfide) groups is 1. The Kier molecular flexibility index (Phi) is 7.51. The molecule has 6 atom stereocenters. The Morgan fingerprint density at radius 2 is 1.61 bits per heavy atom. The monoisotopic (exact) mass is 579 g/mol. The summed E-state index contributed by atoms with van der Waals surface area (Å²) in [6.07, 6.45) is 9.01. The summed E-state index contributed by atoms with van der Waals surface area (Å²) in [6, 6.07) is 8.54. The van der Waals surface area contributed by atoms with Gasteiger partial charge in [0.15, 0.2) is 0 Å². The third-order valence-corrected chi connectivity index (χ3v) is 11.0. The van der Waals surface area contributed by atoms with E-state index in [4.69, 9.17) is 0 Å². The molecule has 0 radical (unpaired) electrons. The lowest BCUT2D eigenvalue weighted by atomic mass is 9.74. The van der Waals surface area contributed by atoms with Crippen molar-refractivity contribution in [2.75, 3.05) is 19.7 Å². The van der Waals surface area contributed by atoms with Crippen LogP contribution in [0.5, 0.6) is 0 Å². The largest absolute Gasteiger partial charge is 0.394 e. The summed E-state index contributed by atoms with van der Waals surface area (Å²) >= 11 is 1.59. The quantitative estimate of drug-likeness (QED) is 0.510. The zero-order chi connectivity index (χ0) is 30.0. The first-order valence-corrected chi connectivity index (χ1v) is 15.6. The van der Waals surface area contributed by atoms with Crippen LogP contribution in [0.15, 0.2) is 54.6 Å². The van der Waals surface area contributed by atoms with Crippen molar-refractivity contribution in [1.82, 2.24) is 14.7 Å². The van der Waals surface area contributed by atoms with Gasteiger partial charge in [-0.25, -0.2) is 0 Å². The number of rotatable bonds is 6. The standard InChI is InChI=1S/C33H45N3O4S/c1-22(20-37)36-26-29(40)35(31(5,6)21-30(2,3)4)18-12-16-33(26)25(28(36)39)24-27(38)34(17-11-15-32(24,7)41-33)19-23-13-9-8-10-14-23/h8-16,22,24-26,37H,17-21H2,1-7H3/t22-,24+,25+,26?,32-,33+/m1/s1. The summed E-state index contributed by atoms with van der Waals surface area (Å²) in [5.41, 5.74) is 0.567. The van der Waals surface area contributed by atoms with Gasteiger partial charge in [-0.15, -0.1) is 11.8 Å². The Bertz CT molecular complexity index is 1270. The maximum Gasteiger partial charge on any atom is 0.247 e. The number of hydrogen-bond acceptors (Lipinski definition) is 5. The second kappa shape index (κ2) is 10.3. The molecule has 1 spiro atoms. The molecule has 2 fully saturated rings. The number of carbonyl (C=O) groups is 3. The highest BCUT2D eigenvalue weighted by atomic mass is 32.2. The molecule has 7 nitrogen and oxygen atoms in total. The minimum atomic E-state index is -0.917. The molecule has 4 aliphatic heterocycles. The number of aliphatic hydroxyl groups is 1. The van der Waals surface area contributed by atoms with Crippen LogP contribution in [-0.2, 0) is 20.9 Å². The van der Waals surface area contributed by atoms with Crippen molar-refractivity contribution in [3.05, 3.63) is 60.2 Å². The second-order valence-electron chi connectivity index (χ2n) is 14.3. The molecule has 1 unspecified atom stereocenters. The lowest BCUT2D eigenvalue weighted by Gasteiger charge is -2.45. The van der Waals surface area contributed by atoms with E-state index in [0.29, 0.717) is 19.6 Å². The molecule has 1 aromatic carbocycles. The summed E-state index contributed by atoms with van der Waals surface area (Å²) in [5, 5.41) is 10.3. The predicted octanol–water partition coefficient (Wildman–Crippen LogP) is 4.27. The number of nitrogens with zero attached hydrogens (tertiary/aromatic N) is 3. The molecular formula is C33H45N3O4S. The first-order valence-electron chi connectivity index (χ1n) is 14.8. The molecule has 1 N–H and O–H groups in total. The summed E-state index contributed by atoms with van der Waals surface area (Å²) in [6.45, 7) is 15.6. The fourth-order valence-electron chi connectivity index (χ4n) is 7.96. The minimum Gasteiger partial charge on any atom is -0.394 e. The van der Waals surface area contributed by atoms with Crippen LogP contribution in [0.1, 0.15) is 60.5 Å². The van der Waals surface area contributed by atoms with E-state index in [9.17, 15) is 19.5 Å². The number of hydrogen-bond donors (Lipinski definition) is 1. The highest BCUT2D eigenvalue weighted by Gasteiger charge is 2.74. The van der Waals surface area contributed by atoms with Crippen LogP contribution in [0, 0.1) is 17.3 Å². The maximum absolute atomic E-state index is 14.7. The molecule has 5 rings (SSSR count). The van der Waals surface area contributed by atoms with Crippen molar-refractivity contribution >= 4 is 29.5 Å². The van der Waals surface area contributed by atoms with Gasteiger partial charge in [0.25, 0.3) is 0 Å². The van der Waals surface area contributed by atoms with Crippen LogP contribution < -0.4 is 0 Å². The van der Waals surface area contributed by atoms with E-state index in [1.54, 1.807) is 23.6 Å². The molecule has 41 heavy (non-hydrogen) atoms. The average molecular weight is 580 g/mol. The Balaban J connectivity index is 1.59. The van der Waals surface area contributed by atoms with Gasteiger partial charge in [-0.05, 0) is 45.1 Å². The number of carbonyl (C=O) groups excluding carboxylic acids is 3. The lowest BCUT2D eigenvalue weighted by molar-refractivity contribution is -0.149. The molecule has 1 aromatic rings. The van der Waals surface area contributed by atoms with Gasteiger partial charge in [0.1, 0.15) is 6.04 Å². The number of aliphatic hydroxyl groups excluding tert-OH is 1. The van der Waals surface area contributed by atoms with Crippen molar-refractivity contribution in [3.63, 3.8) is 0 Å². The molecule has 8 heteroatoms. The van der Waals surface area contributed by atoms with Gasteiger partial charge in [-0.3, -0.25) is 14.4 Å². The smallest absolute Gasteiger partial charge is 0.247 e. The zero-order valence-electron chi connectivity index (χ0n) is 25.5. The Morgan fingerprint density at radius 1 is 0.951 bits per heavy atom. The van der Waals surface area contributed by atoms with Crippen molar-refractivity contribution in [2.24, 2.45) is 17.3 Å². The molecule has 0 bridgehead atoms. The first-order chi connectivity index (χ1) is 19.2. The molecule has 0 aromatic heterocycles. The fraction of sp³-hybridized carbons (Fsp3) is 0.606. The van der Waals surface area contributed by atoms with Gasteiger partial charge in [0.05, 0.1) is 29.2 Å². The van der Waals surface area contributed by atoms with E-state index in [1.807, 2.05) is 59.2 Å². The third kappa shape index (κ3) is 4.95. The van der Waals surface area contributed by atoms with E-state index >= 15 is 0 Å². The SMILES string of the molecule is C[C@H](CO)N1C(=O)[C@@H]2[C@H]3C(=O)N(Cc4ccccc4)CC=C[C@@]3(C)S[C@@]23C=CCN(C(C)(C)CC(C)(C)C)C(=O)C13. The molecule has 4 aliphatic rings. The van der Waals surface area contributed by atoms with Crippen LogP contribution >= 0.6 is 11.8 Å². The van der Waals surface area contributed by atoms with E-state index in [2.05, 4.69) is 46.8 Å². The number of fused-ring (bicyclic) bond motifs is 2. The maximum atomic E-state index is 14.7. The van der Waals surface area contributed by atoms with E-state index < -0.39 is 39.0 Å². The van der Waals surface area contributed by atoms with Crippen LogP contribution in [-0.4, -0.2) is 84.3 Å². The number of benzene rings is 1. The average Bonchev–Trinajstić information content (AvgIpc) is 3.16. The van der Waals surface area contributed by atoms with Crippen LogP contribution in [0.3, 0.4) is 0 Å². The van der Waals surface area contributed by atoms with Crippen LogP contribution in [0.4, 0.5) is 0 Å². The van der Waals surface area contributed by atoms with Gasteiger partial charge in [-0.1, -0.05) is 75.4 Å². The molecule has 0 saturated carbocycles. The van der Waals surface area contributed by atoms with Gasteiger partial charge in [-0.2, -0.15) is 0 Å². The Hall–Kier alpha value is -2.58. The zero-order valence-corrected chi connectivity index (χ0v) is 26.3. The summed E-state index contributed by atoms with van der Waals surface area (Å²) in [7, 11) is 0. The van der Waals surface area contributed by atoms with Gasteiger partial charge in [0, 0.05) is 29.9 Å². The fourth-order valence-corrected chi connectivity index (χ4v) is 10.1. The van der Waals surface area contributed by atoms with Gasteiger partial charge in [0.2, 0.25) is 17.7 Å². The molecular weight excluding hydrogens is 534 g/mol. The summed E-state index contributed by atoms with van der Waals surface area (Å²) in [5.74, 6) is -1.72. The Labute approximate surface area is 249 Å². The third-order valence-electron chi connectivity index (χ3n) is 9.23. The summed E-state index contributed by atoms with van der Waals surface area (Å²) < 4.78 is -1.57. The van der Waals surface area contributed by atoms with E-state index in [0.717, 1.165) is 12.0 Å². The van der Waals surface area contributed by atoms with Crippen molar-refractivity contribution in [3.8, 4) is 0 Å². The van der Waals surface area contributed by atoms with Gasteiger partial charge >= 0.3 is 0 Å². The molecule has 2 saturated heterocycles. The highest BCUT2D eigenvalue weighted by Crippen LogP contribution is 2.66. The van der Waals surface area contributed by atoms with Crippen molar-refractivity contribution in [2.45, 2.75) is 88.5 Å². The number of amides is 3. The lowest BCUT2D eigenvalue weighted by Crippen LogP contribution is -2.60. The van der Waals surface area contributed by atoms with Crippen LogP contribution in [0.2, 0.25) is 0 Å². The normalized spacial score (nSPS) is 32.5. The topological polar surface area (TPSA) is 81.2 Å². The van der Waals surface area contributed by atoms with Crippen molar-refractivity contribution < 1.29 is 19.5 Å². The second-order valence-corrected chi connectivity index (χ2v) is 16.1. The first kappa shape index (κ1) is 29.9. The van der Waals surface area contributed by atoms with Gasteiger partial charge < -0.3 is 19.8 Å². The Morgan fingerprint density at radius 3 is 2.24 bits per heavy atom. The molecule has 3 amide bonds. The highest BCUT2D eigenvalue weighted by molar-refractivity contribution is 8.02. The van der Waals surface area contributed by atoms with Crippen LogP contribution in [0.25, 0.3) is 0 Å². The van der Waals surface area contributed by atoms with E-state index in [-0.39, 0.29) is 29.7 Å². The molecule has 0 aliphatic carbocycles. The van der Waals surface area contributed by atoms with Crippen molar-refractivity contribution in [1.29, 1.82) is 0 Å². The summed E-state index contributed by atoms with van der Waals surface area (Å²) in [4.78, 5) is 49.0. The minimum absolute atomic E-state index is 0.00814. The molecule has 4 heterocycles. The predicted molar refractivity (Wildman–Crippen MR) is 163 cm³/mol. The number of likely N-dealkylation sites (tertiary alicyclic amines) is 1. The van der Waals surface area contributed by atoms with E-state index in [1.165, 1.54) is 0 Å². The molecule has 222 valence electrons.